The van der Waals surface area contributed by atoms with Crippen LogP contribution in [-0.2, 0) is 0 Å². The largest absolute Gasteiger partial charge is 0.340 e. The highest BCUT2D eigenvalue weighted by atomic mass is 15.1. The number of aromatic nitrogens is 2. The molecule has 0 fully saturated rings. The standard InChI is InChI=1S/C21H18N4/c1-15-9-5-7-13-18(15)23-21-24-19-14-8-6-12-17(19)20(25-21)22-16-10-3-2-4-11-16/h2-14H,1H3,(H2,22,23,24,25). The van der Waals surface area contributed by atoms with Crippen molar-refractivity contribution in [1.82, 2.24) is 9.97 Å². The van der Waals surface area contributed by atoms with Crippen molar-refractivity contribution in [2.45, 2.75) is 6.92 Å². The van der Waals surface area contributed by atoms with Gasteiger partial charge in [0.15, 0.2) is 0 Å². The van der Waals surface area contributed by atoms with Gasteiger partial charge in [-0.25, -0.2) is 4.98 Å². The van der Waals surface area contributed by atoms with Gasteiger partial charge < -0.3 is 10.6 Å². The van der Waals surface area contributed by atoms with E-state index < -0.39 is 0 Å². The third-order valence-corrected chi connectivity index (χ3v) is 4.03. The number of hydrogen-bond acceptors (Lipinski definition) is 4. The highest BCUT2D eigenvalue weighted by molar-refractivity contribution is 5.92. The zero-order chi connectivity index (χ0) is 17.1. The molecule has 2 N–H and O–H groups in total. The monoisotopic (exact) mass is 326 g/mol. The van der Waals surface area contributed by atoms with E-state index >= 15 is 0 Å². The smallest absolute Gasteiger partial charge is 0.229 e. The van der Waals surface area contributed by atoms with E-state index in [0.717, 1.165) is 33.7 Å². The van der Waals surface area contributed by atoms with Gasteiger partial charge in [0, 0.05) is 16.8 Å². The second kappa shape index (κ2) is 6.61. The summed E-state index contributed by atoms with van der Waals surface area (Å²) >= 11 is 0. The van der Waals surface area contributed by atoms with Gasteiger partial charge in [-0.3, -0.25) is 0 Å². The summed E-state index contributed by atoms with van der Waals surface area (Å²) < 4.78 is 0. The molecule has 25 heavy (non-hydrogen) atoms. The molecule has 0 amide bonds. The second-order valence-corrected chi connectivity index (χ2v) is 5.84. The van der Waals surface area contributed by atoms with E-state index in [1.165, 1.54) is 0 Å². The molecular formula is C21H18N4. The van der Waals surface area contributed by atoms with Crippen LogP contribution in [0.2, 0.25) is 0 Å². The van der Waals surface area contributed by atoms with E-state index in [-0.39, 0.29) is 0 Å². The molecule has 0 saturated carbocycles. The van der Waals surface area contributed by atoms with Crippen molar-refractivity contribution in [3.63, 3.8) is 0 Å². The van der Waals surface area contributed by atoms with Gasteiger partial charge in [0.2, 0.25) is 5.95 Å². The summed E-state index contributed by atoms with van der Waals surface area (Å²) in [7, 11) is 0. The summed E-state index contributed by atoms with van der Waals surface area (Å²) in [5.74, 6) is 1.36. The number of hydrogen-bond donors (Lipinski definition) is 2. The Bertz CT molecular complexity index is 1010. The average molecular weight is 326 g/mol. The molecule has 0 spiro atoms. The van der Waals surface area contributed by atoms with Crippen molar-refractivity contribution < 1.29 is 0 Å². The van der Waals surface area contributed by atoms with Crippen LogP contribution in [-0.4, -0.2) is 9.97 Å². The molecule has 1 heterocycles. The van der Waals surface area contributed by atoms with Gasteiger partial charge in [0.1, 0.15) is 5.82 Å². The maximum Gasteiger partial charge on any atom is 0.229 e. The lowest BCUT2D eigenvalue weighted by molar-refractivity contribution is 1.20. The minimum absolute atomic E-state index is 0.575. The Hall–Kier alpha value is -3.40. The maximum absolute atomic E-state index is 4.70. The fraction of sp³-hybridized carbons (Fsp3) is 0.0476. The topological polar surface area (TPSA) is 49.8 Å². The quantitative estimate of drug-likeness (QED) is 0.525. The molecule has 4 heteroatoms. The third kappa shape index (κ3) is 3.28. The van der Waals surface area contributed by atoms with E-state index in [1.54, 1.807) is 0 Å². The van der Waals surface area contributed by atoms with E-state index in [0.29, 0.717) is 5.95 Å². The van der Waals surface area contributed by atoms with Gasteiger partial charge in [-0.15, -0.1) is 0 Å². The molecule has 122 valence electrons. The van der Waals surface area contributed by atoms with Crippen molar-refractivity contribution in [2.75, 3.05) is 10.6 Å². The molecule has 0 aliphatic rings. The molecule has 3 aromatic carbocycles. The Kier molecular flexibility index (Phi) is 4.01. The zero-order valence-electron chi connectivity index (χ0n) is 13.9. The molecule has 0 radical (unpaired) electrons. The summed E-state index contributed by atoms with van der Waals surface area (Å²) in [6, 6.07) is 26.1. The van der Waals surface area contributed by atoms with E-state index in [1.807, 2.05) is 72.8 Å². The first kappa shape index (κ1) is 15.1. The van der Waals surface area contributed by atoms with E-state index in [4.69, 9.17) is 4.98 Å². The Morgan fingerprint density at radius 2 is 1.40 bits per heavy atom. The number of anilines is 4. The van der Waals surface area contributed by atoms with E-state index in [9.17, 15) is 0 Å². The Balaban J connectivity index is 1.77. The average Bonchev–Trinajstić information content (AvgIpc) is 2.65. The molecule has 0 aliphatic heterocycles. The minimum Gasteiger partial charge on any atom is -0.340 e. The molecule has 4 nitrogen and oxygen atoms in total. The molecule has 4 rings (SSSR count). The van der Waals surface area contributed by atoms with Crippen LogP contribution in [0.25, 0.3) is 10.9 Å². The molecule has 1 aromatic heterocycles. The fourth-order valence-electron chi connectivity index (χ4n) is 2.72. The normalized spacial score (nSPS) is 10.6. The maximum atomic E-state index is 4.70. The number of rotatable bonds is 4. The number of fused-ring (bicyclic) bond motifs is 1. The molecule has 0 atom stereocenters. The summed E-state index contributed by atoms with van der Waals surface area (Å²) in [6.45, 7) is 2.06. The number of aryl methyl sites for hydroxylation is 1. The second-order valence-electron chi connectivity index (χ2n) is 5.84. The SMILES string of the molecule is Cc1ccccc1Nc1nc(Nc2ccccc2)c2ccccc2n1. The van der Waals surface area contributed by atoms with Crippen LogP contribution in [0.4, 0.5) is 23.1 Å². The number of benzene rings is 3. The van der Waals surface area contributed by atoms with Gasteiger partial charge in [0.25, 0.3) is 0 Å². The van der Waals surface area contributed by atoms with Crippen LogP contribution in [0.1, 0.15) is 5.56 Å². The highest BCUT2D eigenvalue weighted by Crippen LogP contribution is 2.26. The first-order chi connectivity index (χ1) is 12.3. The highest BCUT2D eigenvalue weighted by Gasteiger charge is 2.09. The predicted molar refractivity (Wildman–Crippen MR) is 104 cm³/mol. The Labute approximate surface area is 146 Å². The fourth-order valence-corrected chi connectivity index (χ4v) is 2.72. The van der Waals surface area contributed by atoms with Crippen LogP contribution in [0.3, 0.4) is 0 Å². The van der Waals surface area contributed by atoms with Gasteiger partial charge in [-0.1, -0.05) is 48.5 Å². The lowest BCUT2D eigenvalue weighted by atomic mass is 10.2. The van der Waals surface area contributed by atoms with Crippen LogP contribution >= 0.6 is 0 Å². The number of para-hydroxylation sites is 3. The van der Waals surface area contributed by atoms with Crippen molar-refractivity contribution in [1.29, 1.82) is 0 Å². The predicted octanol–water partition coefficient (Wildman–Crippen LogP) is 5.43. The van der Waals surface area contributed by atoms with Crippen molar-refractivity contribution in [3.8, 4) is 0 Å². The van der Waals surface area contributed by atoms with Gasteiger partial charge in [-0.2, -0.15) is 4.98 Å². The summed E-state index contributed by atoms with van der Waals surface area (Å²) in [6.07, 6.45) is 0. The number of nitrogens with one attached hydrogen (secondary N) is 2. The van der Waals surface area contributed by atoms with Crippen molar-refractivity contribution in [2.24, 2.45) is 0 Å². The molecular weight excluding hydrogens is 308 g/mol. The third-order valence-electron chi connectivity index (χ3n) is 4.03. The molecule has 0 aliphatic carbocycles. The molecule has 4 aromatic rings. The van der Waals surface area contributed by atoms with Crippen LogP contribution in [0.5, 0.6) is 0 Å². The number of nitrogens with zero attached hydrogens (tertiary/aromatic N) is 2. The Morgan fingerprint density at radius 1 is 0.680 bits per heavy atom. The molecule has 0 unspecified atom stereocenters. The van der Waals surface area contributed by atoms with Gasteiger partial charge >= 0.3 is 0 Å². The van der Waals surface area contributed by atoms with Crippen LogP contribution in [0.15, 0.2) is 78.9 Å². The van der Waals surface area contributed by atoms with Crippen molar-refractivity contribution >= 4 is 34.0 Å². The summed E-state index contributed by atoms with van der Waals surface area (Å²) in [5.41, 5.74) is 4.04. The lowest BCUT2D eigenvalue weighted by Crippen LogP contribution is -2.03. The summed E-state index contributed by atoms with van der Waals surface area (Å²) in [5, 5.41) is 7.71. The molecule has 0 bridgehead atoms. The zero-order valence-corrected chi connectivity index (χ0v) is 13.9. The van der Waals surface area contributed by atoms with Crippen LogP contribution < -0.4 is 10.6 Å². The molecule has 0 saturated heterocycles. The first-order valence-corrected chi connectivity index (χ1v) is 8.21. The Morgan fingerprint density at radius 3 is 2.24 bits per heavy atom. The van der Waals surface area contributed by atoms with Crippen molar-refractivity contribution in [3.05, 3.63) is 84.4 Å². The van der Waals surface area contributed by atoms with Gasteiger partial charge in [0.05, 0.1) is 5.52 Å². The van der Waals surface area contributed by atoms with Crippen LogP contribution in [0, 0.1) is 6.92 Å². The summed E-state index contributed by atoms with van der Waals surface area (Å²) in [4.78, 5) is 9.35. The van der Waals surface area contributed by atoms with Gasteiger partial charge in [-0.05, 0) is 42.8 Å². The minimum atomic E-state index is 0.575. The lowest BCUT2D eigenvalue weighted by Gasteiger charge is -2.13. The first-order valence-electron chi connectivity index (χ1n) is 8.21. The van der Waals surface area contributed by atoms with E-state index in [2.05, 4.69) is 28.6 Å².